The Labute approximate surface area is 153 Å². The molecule has 0 aliphatic heterocycles. The van der Waals surface area contributed by atoms with Crippen LogP contribution in [0.1, 0.15) is 54.8 Å². The second-order valence-corrected chi connectivity index (χ2v) is 8.29. The van der Waals surface area contributed by atoms with E-state index in [2.05, 4.69) is 48.6 Å². The van der Waals surface area contributed by atoms with Gasteiger partial charge in [-0.05, 0) is 31.4 Å². The lowest BCUT2D eigenvalue weighted by Crippen LogP contribution is -2.19. The van der Waals surface area contributed by atoms with Gasteiger partial charge in [-0.2, -0.15) is 0 Å². The van der Waals surface area contributed by atoms with Crippen LogP contribution in [0.3, 0.4) is 0 Å². The van der Waals surface area contributed by atoms with Gasteiger partial charge in [-0.3, -0.25) is 0 Å². The van der Waals surface area contributed by atoms with E-state index in [0.29, 0.717) is 6.04 Å². The monoisotopic (exact) mass is 351 g/mol. The van der Waals surface area contributed by atoms with Crippen LogP contribution in [0.15, 0.2) is 36.4 Å². The van der Waals surface area contributed by atoms with Gasteiger partial charge in [0.2, 0.25) is 0 Å². The Bertz CT molecular complexity index is 833. The van der Waals surface area contributed by atoms with Gasteiger partial charge in [-0.15, -0.1) is 11.3 Å². The molecule has 0 radical (unpaired) electrons. The van der Waals surface area contributed by atoms with Crippen LogP contribution < -0.4 is 5.32 Å². The highest BCUT2D eigenvalue weighted by molar-refractivity contribution is 7.18. The van der Waals surface area contributed by atoms with Crippen molar-refractivity contribution in [2.45, 2.75) is 57.9 Å². The van der Waals surface area contributed by atoms with Crippen molar-refractivity contribution in [3.8, 4) is 0 Å². The second-order valence-electron chi connectivity index (χ2n) is 7.06. The van der Waals surface area contributed by atoms with Crippen LogP contribution in [0.2, 0.25) is 0 Å². The topological polar surface area (TPSA) is 37.8 Å². The van der Waals surface area contributed by atoms with Gasteiger partial charge >= 0.3 is 0 Å². The molecule has 4 heteroatoms. The molecule has 3 aromatic rings. The van der Waals surface area contributed by atoms with E-state index in [0.717, 1.165) is 22.9 Å². The standard InChI is InChI=1S/C21H25N3S/c1-15-13-18-20(22-17-11-7-2-3-8-12-17)23-19(24-21(18)25-15)14-16-9-5-4-6-10-16/h4-6,9-10,13,17H,2-3,7-8,11-12,14H2,1H3,(H,22,23,24). The van der Waals surface area contributed by atoms with E-state index >= 15 is 0 Å². The van der Waals surface area contributed by atoms with Gasteiger partial charge in [-0.1, -0.05) is 56.0 Å². The third kappa shape index (κ3) is 4.01. The first-order valence-corrected chi connectivity index (χ1v) is 10.2. The molecule has 130 valence electrons. The smallest absolute Gasteiger partial charge is 0.138 e. The van der Waals surface area contributed by atoms with Gasteiger partial charge in [0.15, 0.2) is 0 Å². The Morgan fingerprint density at radius 2 is 1.80 bits per heavy atom. The minimum Gasteiger partial charge on any atom is -0.367 e. The largest absolute Gasteiger partial charge is 0.367 e. The quantitative estimate of drug-likeness (QED) is 0.610. The first-order chi connectivity index (χ1) is 12.3. The number of rotatable bonds is 4. The van der Waals surface area contributed by atoms with E-state index in [1.165, 1.54) is 54.4 Å². The molecule has 1 aromatic carbocycles. The van der Waals surface area contributed by atoms with Crippen molar-refractivity contribution in [2.75, 3.05) is 5.32 Å². The predicted octanol–water partition coefficient (Wildman–Crippen LogP) is 5.73. The highest BCUT2D eigenvalue weighted by Crippen LogP contribution is 2.30. The second kappa shape index (κ2) is 7.52. The fraction of sp³-hybridized carbons (Fsp3) is 0.429. The Hall–Kier alpha value is -1.94. The molecule has 2 aromatic heterocycles. The number of thiophene rings is 1. The van der Waals surface area contributed by atoms with Crippen LogP contribution in [0.5, 0.6) is 0 Å². The Balaban J connectivity index is 1.65. The van der Waals surface area contributed by atoms with E-state index in [1.807, 2.05) is 0 Å². The van der Waals surface area contributed by atoms with E-state index in [-0.39, 0.29) is 0 Å². The zero-order chi connectivity index (χ0) is 17.1. The van der Waals surface area contributed by atoms with Crippen molar-refractivity contribution in [1.82, 2.24) is 9.97 Å². The van der Waals surface area contributed by atoms with Crippen LogP contribution in [0, 0.1) is 6.92 Å². The lowest BCUT2D eigenvalue weighted by Gasteiger charge is -2.18. The average Bonchev–Trinajstić information content (AvgIpc) is 2.81. The molecule has 4 rings (SSSR count). The number of fused-ring (bicyclic) bond motifs is 1. The van der Waals surface area contributed by atoms with Crippen LogP contribution in [-0.2, 0) is 6.42 Å². The third-order valence-corrected chi connectivity index (χ3v) is 5.91. The van der Waals surface area contributed by atoms with Crippen LogP contribution >= 0.6 is 11.3 Å². The number of anilines is 1. The summed E-state index contributed by atoms with van der Waals surface area (Å²) in [6, 6.07) is 13.3. The molecule has 3 nitrogen and oxygen atoms in total. The average molecular weight is 352 g/mol. The molecule has 1 N–H and O–H groups in total. The molecule has 0 atom stereocenters. The Kier molecular flexibility index (Phi) is 4.97. The van der Waals surface area contributed by atoms with Gasteiger partial charge in [-0.25, -0.2) is 9.97 Å². The van der Waals surface area contributed by atoms with E-state index in [1.54, 1.807) is 11.3 Å². The fourth-order valence-corrected chi connectivity index (χ4v) is 4.57. The minimum atomic E-state index is 0.547. The van der Waals surface area contributed by atoms with Gasteiger partial charge in [0.25, 0.3) is 0 Å². The van der Waals surface area contributed by atoms with E-state index in [9.17, 15) is 0 Å². The van der Waals surface area contributed by atoms with E-state index < -0.39 is 0 Å². The van der Waals surface area contributed by atoms with Crippen LogP contribution in [-0.4, -0.2) is 16.0 Å². The van der Waals surface area contributed by atoms with Gasteiger partial charge in [0.05, 0.1) is 5.39 Å². The van der Waals surface area contributed by atoms with Crippen molar-refractivity contribution in [2.24, 2.45) is 0 Å². The molecular weight excluding hydrogens is 326 g/mol. The zero-order valence-corrected chi connectivity index (χ0v) is 15.6. The number of nitrogens with zero attached hydrogens (tertiary/aromatic N) is 2. The number of aryl methyl sites for hydroxylation is 1. The maximum atomic E-state index is 4.92. The number of nitrogens with one attached hydrogen (secondary N) is 1. The Morgan fingerprint density at radius 3 is 2.56 bits per heavy atom. The minimum absolute atomic E-state index is 0.547. The van der Waals surface area contributed by atoms with Gasteiger partial charge in [0, 0.05) is 17.3 Å². The molecule has 1 aliphatic rings. The molecule has 25 heavy (non-hydrogen) atoms. The Morgan fingerprint density at radius 1 is 1.04 bits per heavy atom. The SMILES string of the molecule is Cc1cc2c(NC3CCCCCC3)nc(Cc3ccccc3)nc2s1. The lowest BCUT2D eigenvalue weighted by molar-refractivity contribution is 0.618. The number of hydrogen-bond donors (Lipinski definition) is 1. The molecule has 2 heterocycles. The summed E-state index contributed by atoms with van der Waals surface area (Å²) in [5.74, 6) is 1.95. The molecule has 0 bridgehead atoms. The maximum Gasteiger partial charge on any atom is 0.138 e. The van der Waals surface area contributed by atoms with E-state index in [4.69, 9.17) is 9.97 Å². The lowest BCUT2D eigenvalue weighted by atomic mass is 10.1. The van der Waals surface area contributed by atoms with Crippen LogP contribution in [0.25, 0.3) is 10.2 Å². The summed E-state index contributed by atoms with van der Waals surface area (Å²) < 4.78 is 0. The normalized spacial score (nSPS) is 16.0. The number of benzene rings is 1. The van der Waals surface area contributed by atoms with Crippen molar-refractivity contribution in [1.29, 1.82) is 0 Å². The molecule has 0 amide bonds. The molecule has 0 unspecified atom stereocenters. The molecular formula is C21H25N3S. The summed E-state index contributed by atoms with van der Waals surface area (Å²) in [6.45, 7) is 2.15. The summed E-state index contributed by atoms with van der Waals surface area (Å²) in [4.78, 5) is 12.2. The summed E-state index contributed by atoms with van der Waals surface area (Å²) in [7, 11) is 0. The first kappa shape index (κ1) is 16.5. The number of aromatic nitrogens is 2. The molecule has 0 saturated heterocycles. The maximum absolute atomic E-state index is 4.92. The molecule has 1 saturated carbocycles. The summed E-state index contributed by atoms with van der Waals surface area (Å²) >= 11 is 1.77. The summed E-state index contributed by atoms with van der Waals surface area (Å²) in [6.07, 6.45) is 8.68. The molecule has 1 fully saturated rings. The highest BCUT2D eigenvalue weighted by Gasteiger charge is 2.16. The third-order valence-electron chi connectivity index (χ3n) is 4.96. The number of hydrogen-bond acceptors (Lipinski definition) is 4. The van der Waals surface area contributed by atoms with Crippen molar-refractivity contribution in [3.63, 3.8) is 0 Å². The molecule has 0 spiro atoms. The molecule has 1 aliphatic carbocycles. The first-order valence-electron chi connectivity index (χ1n) is 9.35. The highest BCUT2D eigenvalue weighted by atomic mass is 32.1. The fourth-order valence-electron chi connectivity index (χ4n) is 3.67. The summed E-state index contributed by atoms with van der Waals surface area (Å²) in [5.41, 5.74) is 1.26. The predicted molar refractivity (Wildman–Crippen MR) is 107 cm³/mol. The zero-order valence-electron chi connectivity index (χ0n) is 14.8. The van der Waals surface area contributed by atoms with Crippen LogP contribution in [0.4, 0.5) is 5.82 Å². The van der Waals surface area contributed by atoms with Crippen molar-refractivity contribution in [3.05, 3.63) is 52.7 Å². The summed E-state index contributed by atoms with van der Waals surface area (Å²) in [5, 5.41) is 4.94. The van der Waals surface area contributed by atoms with Crippen molar-refractivity contribution >= 4 is 27.4 Å². The van der Waals surface area contributed by atoms with Gasteiger partial charge in [0.1, 0.15) is 16.5 Å². The van der Waals surface area contributed by atoms with Gasteiger partial charge < -0.3 is 5.32 Å². The van der Waals surface area contributed by atoms with Crippen molar-refractivity contribution < 1.29 is 0 Å².